The molecule has 3 aromatic rings. The van der Waals surface area contributed by atoms with Crippen LogP contribution in [-0.2, 0) is 0 Å². The number of hydrogen-bond donors (Lipinski definition) is 2. The summed E-state index contributed by atoms with van der Waals surface area (Å²) >= 11 is 1.47. The van der Waals surface area contributed by atoms with Crippen molar-refractivity contribution in [2.45, 2.75) is 5.03 Å². The molecular weight excluding hydrogens is 248 g/mol. The third-order valence-electron chi connectivity index (χ3n) is 2.60. The minimum absolute atomic E-state index is 0.127. The third-order valence-corrected chi connectivity index (χ3v) is 3.28. The van der Waals surface area contributed by atoms with Gasteiger partial charge in [0.25, 0.3) is 5.71 Å². The number of hydrogen-bond acceptors (Lipinski definition) is 5. The zero-order valence-electron chi connectivity index (χ0n) is 9.60. The molecule has 0 aliphatic carbocycles. The molecule has 0 aliphatic rings. The Morgan fingerprint density at radius 3 is 2.78 bits per heavy atom. The fourth-order valence-corrected chi connectivity index (χ4v) is 2.39. The maximum atomic E-state index is 7.49. The molecule has 0 amide bonds. The van der Waals surface area contributed by atoms with Gasteiger partial charge >= 0.3 is 5.68 Å². The highest BCUT2D eigenvalue weighted by molar-refractivity contribution is 7.98. The maximum Gasteiger partial charge on any atom is 0.316 e. The second kappa shape index (κ2) is 4.30. The number of aromatic amines is 1. The Morgan fingerprint density at radius 2 is 2.06 bits per heavy atom. The predicted octanol–water partition coefficient (Wildman–Crippen LogP) is 2.42. The Balaban J connectivity index is 2.35. The lowest BCUT2D eigenvalue weighted by atomic mass is 10.1. The van der Waals surface area contributed by atoms with Crippen molar-refractivity contribution in [2.75, 3.05) is 6.26 Å². The van der Waals surface area contributed by atoms with Crippen LogP contribution in [0, 0.1) is 5.41 Å². The zero-order chi connectivity index (χ0) is 12.5. The van der Waals surface area contributed by atoms with Crippen LogP contribution in [0.4, 0.5) is 0 Å². The summed E-state index contributed by atoms with van der Waals surface area (Å²) < 4.78 is 5.21. The Kier molecular flexibility index (Phi) is 2.64. The third kappa shape index (κ3) is 1.70. The Hall–Kier alpha value is -2.08. The van der Waals surface area contributed by atoms with E-state index in [1.54, 1.807) is 0 Å². The van der Waals surface area contributed by atoms with Crippen molar-refractivity contribution in [2.24, 2.45) is 0 Å². The van der Waals surface area contributed by atoms with Crippen molar-refractivity contribution >= 4 is 22.9 Å². The molecule has 0 unspecified atom stereocenters. The van der Waals surface area contributed by atoms with E-state index in [9.17, 15) is 0 Å². The SMILES string of the molecule is CSc1nc(=N)oc2n[nH]c(-c3ccccc3)c12. The van der Waals surface area contributed by atoms with Crippen LogP contribution in [0.25, 0.3) is 22.4 Å². The van der Waals surface area contributed by atoms with Crippen LogP contribution >= 0.6 is 11.8 Å². The molecule has 0 aliphatic heterocycles. The van der Waals surface area contributed by atoms with Crippen molar-refractivity contribution in [3.8, 4) is 11.3 Å². The molecule has 2 heterocycles. The number of thioether (sulfide) groups is 1. The summed E-state index contributed by atoms with van der Waals surface area (Å²) in [5.41, 5.74) is 2.17. The molecule has 0 fully saturated rings. The molecule has 3 rings (SSSR count). The molecule has 2 N–H and O–H groups in total. The van der Waals surface area contributed by atoms with E-state index in [0.29, 0.717) is 5.71 Å². The van der Waals surface area contributed by atoms with Crippen molar-refractivity contribution < 1.29 is 4.42 Å². The average molecular weight is 258 g/mol. The monoisotopic (exact) mass is 258 g/mol. The van der Waals surface area contributed by atoms with Gasteiger partial charge in [0, 0.05) is 5.56 Å². The minimum Gasteiger partial charge on any atom is -0.403 e. The van der Waals surface area contributed by atoms with Crippen molar-refractivity contribution in [1.82, 2.24) is 15.2 Å². The van der Waals surface area contributed by atoms with E-state index in [-0.39, 0.29) is 5.68 Å². The standard InChI is InChI=1S/C12H10N4OS/c1-18-11-8-9(7-5-3-2-4-6-7)15-16-10(8)17-12(13)14-11/h2-6,13H,1H3,(H,15,16). The summed E-state index contributed by atoms with van der Waals surface area (Å²) in [4.78, 5) is 4.08. The van der Waals surface area contributed by atoms with Gasteiger partial charge in [0.15, 0.2) is 0 Å². The first-order valence-electron chi connectivity index (χ1n) is 5.33. The van der Waals surface area contributed by atoms with Crippen LogP contribution < -0.4 is 5.68 Å². The molecule has 6 heteroatoms. The van der Waals surface area contributed by atoms with Gasteiger partial charge in [-0.05, 0) is 6.26 Å². The summed E-state index contributed by atoms with van der Waals surface area (Å²) in [5, 5.41) is 16.1. The van der Waals surface area contributed by atoms with E-state index >= 15 is 0 Å². The molecule has 0 spiro atoms. The quantitative estimate of drug-likeness (QED) is 0.692. The highest BCUT2D eigenvalue weighted by atomic mass is 32.2. The van der Waals surface area contributed by atoms with Crippen LogP contribution in [-0.4, -0.2) is 21.4 Å². The highest BCUT2D eigenvalue weighted by Crippen LogP contribution is 2.30. The fraction of sp³-hybridized carbons (Fsp3) is 0.0833. The van der Waals surface area contributed by atoms with Gasteiger partial charge in [0.05, 0.1) is 11.1 Å². The lowest BCUT2D eigenvalue weighted by Gasteiger charge is -2.00. The predicted molar refractivity (Wildman–Crippen MR) is 69.2 cm³/mol. The lowest BCUT2D eigenvalue weighted by molar-refractivity contribution is 0.483. The van der Waals surface area contributed by atoms with Gasteiger partial charge in [0.2, 0.25) is 0 Å². The molecule has 5 nitrogen and oxygen atoms in total. The van der Waals surface area contributed by atoms with E-state index in [1.165, 1.54) is 11.8 Å². The molecule has 0 saturated heterocycles. The molecule has 1 aromatic carbocycles. The normalized spacial score (nSPS) is 10.9. The van der Waals surface area contributed by atoms with Gasteiger partial charge in [-0.25, -0.2) is 5.41 Å². The van der Waals surface area contributed by atoms with Crippen LogP contribution in [0.2, 0.25) is 0 Å². The van der Waals surface area contributed by atoms with E-state index in [0.717, 1.165) is 21.7 Å². The second-order valence-corrected chi connectivity index (χ2v) is 4.47. The second-order valence-electron chi connectivity index (χ2n) is 3.67. The number of benzene rings is 1. The van der Waals surface area contributed by atoms with Gasteiger partial charge in [-0.1, -0.05) is 30.3 Å². The number of H-pyrrole nitrogens is 1. The average Bonchev–Trinajstić information content (AvgIpc) is 2.82. The first-order chi connectivity index (χ1) is 8.79. The summed E-state index contributed by atoms with van der Waals surface area (Å²) in [5.74, 6) is 0. The van der Waals surface area contributed by atoms with E-state index in [1.807, 2.05) is 36.6 Å². The zero-order valence-corrected chi connectivity index (χ0v) is 10.4. The lowest BCUT2D eigenvalue weighted by Crippen LogP contribution is -2.04. The number of rotatable bonds is 2. The summed E-state index contributed by atoms with van der Waals surface area (Å²) in [6.07, 6.45) is 1.92. The summed E-state index contributed by atoms with van der Waals surface area (Å²) in [7, 11) is 0. The molecule has 18 heavy (non-hydrogen) atoms. The smallest absolute Gasteiger partial charge is 0.316 e. The van der Waals surface area contributed by atoms with E-state index < -0.39 is 0 Å². The molecule has 2 aromatic heterocycles. The van der Waals surface area contributed by atoms with Crippen LogP contribution in [0.15, 0.2) is 39.8 Å². The van der Waals surface area contributed by atoms with Crippen molar-refractivity contribution in [3.63, 3.8) is 0 Å². The van der Waals surface area contributed by atoms with Crippen LogP contribution in [0.3, 0.4) is 0 Å². The summed E-state index contributed by atoms with van der Waals surface area (Å²) in [6, 6.07) is 9.87. The Morgan fingerprint density at radius 1 is 1.28 bits per heavy atom. The number of aromatic nitrogens is 3. The molecule has 90 valence electrons. The van der Waals surface area contributed by atoms with Gasteiger partial charge in [-0.2, -0.15) is 4.98 Å². The first-order valence-corrected chi connectivity index (χ1v) is 6.55. The number of nitrogens with zero attached hydrogens (tertiary/aromatic N) is 2. The molecular formula is C12H10N4OS. The fourth-order valence-electron chi connectivity index (χ4n) is 1.82. The topological polar surface area (TPSA) is 78.6 Å². The van der Waals surface area contributed by atoms with E-state index in [4.69, 9.17) is 9.83 Å². The maximum absolute atomic E-state index is 7.49. The first kappa shape index (κ1) is 11.0. The minimum atomic E-state index is -0.127. The number of nitrogens with one attached hydrogen (secondary N) is 2. The van der Waals surface area contributed by atoms with E-state index in [2.05, 4.69) is 15.2 Å². The van der Waals surface area contributed by atoms with Gasteiger partial charge in [0.1, 0.15) is 5.03 Å². The molecule has 0 atom stereocenters. The van der Waals surface area contributed by atoms with Crippen LogP contribution in [0.5, 0.6) is 0 Å². The largest absolute Gasteiger partial charge is 0.403 e. The molecule has 0 bridgehead atoms. The van der Waals surface area contributed by atoms with Crippen molar-refractivity contribution in [3.05, 3.63) is 36.0 Å². The molecule has 0 radical (unpaired) electrons. The Bertz CT molecular complexity index is 748. The van der Waals surface area contributed by atoms with Gasteiger partial charge in [-0.3, -0.25) is 5.10 Å². The summed E-state index contributed by atoms with van der Waals surface area (Å²) in [6.45, 7) is 0. The van der Waals surface area contributed by atoms with Gasteiger partial charge in [-0.15, -0.1) is 16.9 Å². The molecule has 0 saturated carbocycles. The highest BCUT2D eigenvalue weighted by Gasteiger charge is 2.14. The Labute approximate surface area is 107 Å². The van der Waals surface area contributed by atoms with Gasteiger partial charge < -0.3 is 4.42 Å². The number of fused-ring (bicyclic) bond motifs is 1. The van der Waals surface area contributed by atoms with Crippen LogP contribution in [0.1, 0.15) is 0 Å². The van der Waals surface area contributed by atoms with Crippen molar-refractivity contribution in [1.29, 1.82) is 5.41 Å².